The fourth-order valence-corrected chi connectivity index (χ4v) is 1.50. The second-order valence-corrected chi connectivity index (χ2v) is 3.22. The molecule has 13 heavy (non-hydrogen) atoms. The Morgan fingerprint density at radius 2 is 2.31 bits per heavy atom. The summed E-state index contributed by atoms with van der Waals surface area (Å²) in [5.41, 5.74) is 0. The standard InChI is InChI=1S/C9H13NO3/c1-2-13-9(12)8-3-7(4-8)5-10-6-11/h7-8H,2-5H2,1H3/t7-,8-. The van der Waals surface area contributed by atoms with Gasteiger partial charge in [0.05, 0.1) is 19.1 Å². The van der Waals surface area contributed by atoms with E-state index in [2.05, 4.69) is 4.99 Å². The van der Waals surface area contributed by atoms with Crippen molar-refractivity contribution in [2.75, 3.05) is 13.2 Å². The molecule has 1 aliphatic rings. The molecule has 1 fully saturated rings. The number of nitrogens with zero attached hydrogens (tertiary/aromatic N) is 1. The summed E-state index contributed by atoms with van der Waals surface area (Å²) in [4.78, 5) is 24.4. The molecule has 1 saturated carbocycles. The number of ether oxygens (including phenoxy) is 1. The summed E-state index contributed by atoms with van der Waals surface area (Å²) in [5, 5.41) is 0. The first-order valence-electron chi connectivity index (χ1n) is 4.48. The van der Waals surface area contributed by atoms with Crippen LogP contribution in [0.15, 0.2) is 4.99 Å². The van der Waals surface area contributed by atoms with Crippen molar-refractivity contribution >= 4 is 12.0 Å². The normalized spacial score (nSPS) is 25.6. The number of aliphatic imine (C=N–C) groups is 1. The Morgan fingerprint density at radius 1 is 1.62 bits per heavy atom. The zero-order valence-electron chi connectivity index (χ0n) is 7.66. The molecule has 0 aliphatic heterocycles. The first kappa shape index (κ1) is 9.93. The largest absolute Gasteiger partial charge is 0.466 e. The molecular weight excluding hydrogens is 170 g/mol. The van der Waals surface area contributed by atoms with Gasteiger partial charge in [0.2, 0.25) is 6.08 Å². The lowest BCUT2D eigenvalue weighted by Crippen LogP contribution is -2.33. The van der Waals surface area contributed by atoms with E-state index in [1.807, 2.05) is 0 Å². The molecule has 0 aromatic carbocycles. The van der Waals surface area contributed by atoms with Crippen LogP contribution in [0.1, 0.15) is 19.8 Å². The molecule has 1 rings (SSSR count). The van der Waals surface area contributed by atoms with E-state index in [1.54, 1.807) is 6.92 Å². The number of rotatable bonds is 4. The lowest BCUT2D eigenvalue weighted by Gasteiger charge is -2.31. The highest BCUT2D eigenvalue weighted by atomic mass is 16.5. The van der Waals surface area contributed by atoms with Crippen LogP contribution in [0.4, 0.5) is 0 Å². The lowest BCUT2D eigenvalue weighted by atomic mass is 9.75. The summed E-state index contributed by atoms with van der Waals surface area (Å²) in [6, 6.07) is 0. The predicted molar refractivity (Wildman–Crippen MR) is 45.8 cm³/mol. The first-order chi connectivity index (χ1) is 6.27. The minimum absolute atomic E-state index is 0.0341. The zero-order chi connectivity index (χ0) is 9.68. The molecule has 0 atom stereocenters. The molecule has 0 saturated heterocycles. The molecule has 4 heteroatoms. The maximum atomic E-state index is 11.1. The third-order valence-electron chi connectivity index (χ3n) is 2.27. The zero-order valence-corrected chi connectivity index (χ0v) is 7.66. The number of carbonyl (C=O) groups excluding carboxylic acids is 2. The summed E-state index contributed by atoms with van der Waals surface area (Å²) >= 11 is 0. The van der Waals surface area contributed by atoms with Gasteiger partial charge in [0, 0.05) is 0 Å². The van der Waals surface area contributed by atoms with E-state index in [0.29, 0.717) is 19.1 Å². The van der Waals surface area contributed by atoms with Gasteiger partial charge in [0.15, 0.2) is 0 Å². The van der Waals surface area contributed by atoms with Gasteiger partial charge in [-0.2, -0.15) is 0 Å². The Morgan fingerprint density at radius 3 is 2.85 bits per heavy atom. The molecule has 4 nitrogen and oxygen atoms in total. The molecule has 72 valence electrons. The van der Waals surface area contributed by atoms with Crippen molar-refractivity contribution in [1.29, 1.82) is 0 Å². The maximum Gasteiger partial charge on any atom is 0.308 e. The van der Waals surface area contributed by atoms with Crippen LogP contribution in [0.2, 0.25) is 0 Å². The third-order valence-corrected chi connectivity index (χ3v) is 2.27. The van der Waals surface area contributed by atoms with E-state index in [0.717, 1.165) is 12.8 Å². The summed E-state index contributed by atoms with van der Waals surface area (Å²) in [6.45, 7) is 2.73. The third kappa shape index (κ3) is 2.67. The van der Waals surface area contributed by atoms with Gasteiger partial charge in [-0.05, 0) is 25.7 Å². The van der Waals surface area contributed by atoms with Crippen molar-refractivity contribution in [3.05, 3.63) is 0 Å². The first-order valence-corrected chi connectivity index (χ1v) is 4.48. The van der Waals surface area contributed by atoms with Gasteiger partial charge >= 0.3 is 5.97 Å². The number of carbonyl (C=O) groups is 1. The van der Waals surface area contributed by atoms with Gasteiger partial charge in [0.25, 0.3) is 0 Å². The topological polar surface area (TPSA) is 55.7 Å². The number of isocyanates is 1. The summed E-state index contributed by atoms with van der Waals surface area (Å²) in [6.07, 6.45) is 3.09. The van der Waals surface area contributed by atoms with Crippen LogP contribution in [0.25, 0.3) is 0 Å². The van der Waals surface area contributed by atoms with Gasteiger partial charge in [-0.25, -0.2) is 9.79 Å². The average molecular weight is 183 g/mol. The van der Waals surface area contributed by atoms with Crippen molar-refractivity contribution in [3.8, 4) is 0 Å². The van der Waals surface area contributed by atoms with Crippen LogP contribution in [0.5, 0.6) is 0 Å². The Bertz CT molecular complexity index is 227. The Labute approximate surface area is 77.0 Å². The van der Waals surface area contributed by atoms with Crippen molar-refractivity contribution < 1.29 is 14.3 Å². The number of esters is 1. The van der Waals surface area contributed by atoms with E-state index in [4.69, 9.17) is 4.74 Å². The van der Waals surface area contributed by atoms with Gasteiger partial charge in [-0.1, -0.05) is 0 Å². The average Bonchev–Trinajstić information content (AvgIpc) is 2.02. The Balaban J connectivity index is 2.17. The summed E-state index contributed by atoms with van der Waals surface area (Å²) < 4.78 is 4.85. The molecule has 0 aromatic heterocycles. The fraction of sp³-hybridized carbons (Fsp3) is 0.778. The van der Waals surface area contributed by atoms with E-state index >= 15 is 0 Å². The SMILES string of the molecule is CCOC(=O)[C@H]1C[C@H](CN=C=O)C1. The van der Waals surface area contributed by atoms with Gasteiger partial charge in [0.1, 0.15) is 0 Å². The van der Waals surface area contributed by atoms with Crippen LogP contribution < -0.4 is 0 Å². The van der Waals surface area contributed by atoms with Crippen LogP contribution in [-0.4, -0.2) is 25.2 Å². The molecule has 0 radical (unpaired) electrons. The number of hydrogen-bond donors (Lipinski definition) is 0. The van der Waals surface area contributed by atoms with Crippen molar-refractivity contribution in [1.82, 2.24) is 0 Å². The van der Waals surface area contributed by atoms with Gasteiger partial charge in [-0.15, -0.1) is 0 Å². The van der Waals surface area contributed by atoms with E-state index < -0.39 is 0 Å². The molecule has 0 bridgehead atoms. The summed E-state index contributed by atoms with van der Waals surface area (Å²) in [7, 11) is 0. The smallest absolute Gasteiger partial charge is 0.308 e. The van der Waals surface area contributed by atoms with Gasteiger partial charge < -0.3 is 4.74 Å². The molecule has 0 spiro atoms. The predicted octanol–water partition coefficient (Wildman–Crippen LogP) is 0.911. The van der Waals surface area contributed by atoms with Crippen LogP contribution >= 0.6 is 0 Å². The summed E-state index contributed by atoms with van der Waals surface area (Å²) in [5.74, 6) is 0.288. The molecule has 0 unspecified atom stereocenters. The molecule has 1 aliphatic carbocycles. The van der Waals surface area contributed by atoms with E-state index in [-0.39, 0.29) is 11.9 Å². The Hall–Kier alpha value is -1.15. The Kier molecular flexibility index (Phi) is 3.65. The minimum Gasteiger partial charge on any atom is -0.466 e. The molecule has 0 heterocycles. The fourth-order valence-electron chi connectivity index (χ4n) is 1.50. The molecular formula is C9H13NO3. The minimum atomic E-state index is -0.117. The van der Waals surface area contributed by atoms with Crippen molar-refractivity contribution in [2.45, 2.75) is 19.8 Å². The van der Waals surface area contributed by atoms with Crippen LogP contribution in [-0.2, 0) is 14.3 Å². The molecule has 0 amide bonds. The maximum absolute atomic E-state index is 11.1. The van der Waals surface area contributed by atoms with Crippen molar-refractivity contribution in [2.24, 2.45) is 16.8 Å². The lowest BCUT2D eigenvalue weighted by molar-refractivity contribution is -0.152. The monoisotopic (exact) mass is 183 g/mol. The number of hydrogen-bond acceptors (Lipinski definition) is 4. The highest BCUT2D eigenvalue weighted by Crippen LogP contribution is 2.34. The van der Waals surface area contributed by atoms with Gasteiger partial charge in [-0.3, -0.25) is 4.79 Å². The molecule has 0 N–H and O–H groups in total. The highest BCUT2D eigenvalue weighted by molar-refractivity contribution is 5.73. The highest BCUT2D eigenvalue weighted by Gasteiger charge is 2.35. The van der Waals surface area contributed by atoms with Crippen LogP contribution in [0.3, 0.4) is 0 Å². The van der Waals surface area contributed by atoms with E-state index in [9.17, 15) is 9.59 Å². The van der Waals surface area contributed by atoms with Crippen LogP contribution in [0, 0.1) is 11.8 Å². The second-order valence-electron chi connectivity index (χ2n) is 3.22. The van der Waals surface area contributed by atoms with Crippen molar-refractivity contribution in [3.63, 3.8) is 0 Å². The molecule has 0 aromatic rings. The second kappa shape index (κ2) is 4.77. The quantitative estimate of drug-likeness (QED) is 0.370. The van der Waals surface area contributed by atoms with E-state index in [1.165, 1.54) is 6.08 Å².